The van der Waals surface area contributed by atoms with Crippen molar-refractivity contribution in [2.75, 3.05) is 16.3 Å². The molecule has 172 valence electrons. The van der Waals surface area contributed by atoms with Gasteiger partial charge in [0.15, 0.2) is 0 Å². The summed E-state index contributed by atoms with van der Waals surface area (Å²) in [6, 6.07) is 26.0. The predicted octanol–water partition coefficient (Wildman–Crippen LogP) is 5.95. The number of amides is 1. The van der Waals surface area contributed by atoms with Crippen LogP contribution >= 0.6 is 15.9 Å². The van der Waals surface area contributed by atoms with E-state index in [1.54, 1.807) is 6.33 Å². The Kier molecular flexibility index (Phi) is 6.62. The van der Waals surface area contributed by atoms with Crippen LogP contribution in [0.5, 0.6) is 0 Å². The van der Waals surface area contributed by atoms with Crippen molar-refractivity contribution in [1.29, 1.82) is 0 Å². The molecule has 0 saturated carbocycles. The summed E-state index contributed by atoms with van der Waals surface area (Å²) in [5.41, 5.74) is 4.89. The Hall–Kier alpha value is -3.58. The molecule has 34 heavy (non-hydrogen) atoms. The first-order chi connectivity index (χ1) is 16.7. The van der Waals surface area contributed by atoms with Crippen molar-refractivity contribution in [3.05, 3.63) is 113 Å². The van der Waals surface area contributed by atoms with Crippen LogP contribution in [0.1, 0.15) is 16.8 Å². The minimum atomic E-state index is -0.344. The molecule has 1 N–H and O–H groups in total. The van der Waals surface area contributed by atoms with Gasteiger partial charge in [0.1, 0.15) is 6.61 Å². The van der Waals surface area contributed by atoms with E-state index in [4.69, 9.17) is 4.74 Å². The van der Waals surface area contributed by atoms with E-state index in [0.717, 1.165) is 27.1 Å². The monoisotopic (exact) mass is 516 g/mol. The average molecular weight is 517 g/mol. The second-order valence-electron chi connectivity index (χ2n) is 8.33. The van der Waals surface area contributed by atoms with E-state index >= 15 is 0 Å². The number of nitrogens with one attached hydrogen (secondary N) is 1. The van der Waals surface area contributed by atoms with Crippen molar-refractivity contribution in [2.24, 2.45) is 0 Å². The van der Waals surface area contributed by atoms with Gasteiger partial charge in [-0.15, -0.1) is 0 Å². The molecular formula is C27H25BrN4O2. The van der Waals surface area contributed by atoms with Crippen LogP contribution in [-0.4, -0.2) is 28.6 Å². The highest BCUT2D eigenvalue weighted by molar-refractivity contribution is 9.10. The highest BCUT2D eigenvalue weighted by Crippen LogP contribution is 2.39. The van der Waals surface area contributed by atoms with Gasteiger partial charge in [-0.25, -0.2) is 9.78 Å². The summed E-state index contributed by atoms with van der Waals surface area (Å²) in [6.07, 6.45) is 3.97. The van der Waals surface area contributed by atoms with Crippen molar-refractivity contribution in [3.8, 4) is 0 Å². The third-order valence-corrected chi connectivity index (χ3v) is 6.45. The highest BCUT2D eigenvalue weighted by atomic mass is 79.9. The first-order valence-corrected chi connectivity index (χ1v) is 12.0. The molecule has 0 bridgehead atoms. The Labute approximate surface area is 207 Å². The maximum absolute atomic E-state index is 13.5. The zero-order chi connectivity index (χ0) is 23.3. The Morgan fingerprint density at radius 2 is 1.74 bits per heavy atom. The van der Waals surface area contributed by atoms with E-state index in [1.165, 1.54) is 5.56 Å². The number of ether oxygens (including phenoxy) is 1. The Balaban J connectivity index is 1.49. The number of aromatic nitrogens is 2. The largest absolute Gasteiger partial charge is 0.444 e. The molecule has 5 rings (SSSR count). The molecule has 1 aliphatic rings. The van der Waals surface area contributed by atoms with Crippen molar-refractivity contribution in [2.45, 2.75) is 25.6 Å². The van der Waals surface area contributed by atoms with E-state index in [-0.39, 0.29) is 18.7 Å². The van der Waals surface area contributed by atoms with Gasteiger partial charge in [0, 0.05) is 17.2 Å². The molecule has 2 heterocycles. The molecule has 6 nitrogen and oxygen atoms in total. The maximum Gasteiger partial charge on any atom is 0.415 e. The van der Waals surface area contributed by atoms with Crippen LogP contribution in [0.25, 0.3) is 0 Å². The number of anilines is 2. The minimum absolute atomic E-state index is 0.105. The van der Waals surface area contributed by atoms with Gasteiger partial charge in [0.2, 0.25) is 0 Å². The number of hydrogen-bond acceptors (Lipinski definition) is 4. The molecule has 1 aromatic heterocycles. The van der Waals surface area contributed by atoms with Crippen molar-refractivity contribution < 1.29 is 9.53 Å². The fourth-order valence-electron chi connectivity index (χ4n) is 4.39. The SMILES string of the molecule is O=C(OCc1ccccc1)N1c2cc(Br)ccc2N(Cc2c[nH]cn2)CC1Cc1ccccc1. The van der Waals surface area contributed by atoms with Crippen LogP contribution in [0.3, 0.4) is 0 Å². The summed E-state index contributed by atoms with van der Waals surface area (Å²) in [7, 11) is 0. The highest BCUT2D eigenvalue weighted by Gasteiger charge is 2.36. The summed E-state index contributed by atoms with van der Waals surface area (Å²) in [5, 5.41) is 0. The van der Waals surface area contributed by atoms with Crippen LogP contribution in [0, 0.1) is 0 Å². The number of nitrogens with zero attached hydrogens (tertiary/aromatic N) is 3. The Bertz CT molecular complexity index is 1230. The first kappa shape index (κ1) is 22.2. The third-order valence-electron chi connectivity index (χ3n) is 5.96. The Morgan fingerprint density at radius 3 is 2.44 bits per heavy atom. The normalized spacial score (nSPS) is 15.1. The summed E-state index contributed by atoms with van der Waals surface area (Å²) in [6.45, 7) is 1.54. The van der Waals surface area contributed by atoms with Crippen molar-refractivity contribution in [1.82, 2.24) is 9.97 Å². The van der Waals surface area contributed by atoms with E-state index in [9.17, 15) is 4.79 Å². The second kappa shape index (κ2) is 10.1. The molecule has 0 saturated heterocycles. The molecular weight excluding hydrogens is 492 g/mol. The summed E-state index contributed by atoms with van der Waals surface area (Å²) >= 11 is 3.60. The summed E-state index contributed by atoms with van der Waals surface area (Å²) < 4.78 is 6.72. The van der Waals surface area contributed by atoms with E-state index in [1.807, 2.05) is 77.8 Å². The number of fused-ring (bicyclic) bond motifs is 1. The molecule has 1 atom stereocenters. The number of carbonyl (C=O) groups excluding carboxylic acids is 1. The lowest BCUT2D eigenvalue weighted by molar-refractivity contribution is 0.144. The van der Waals surface area contributed by atoms with Crippen LogP contribution in [-0.2, 0) is 24.3 Å². The van der Waals surface area contributed by atoms with Gasteiger partial charge in [0.25, 0.3) is 0 Å². The molecule has 0 spiro atoms. The molecule has 1 unspecified atom stereocenters. The lowest BCUT2D eigenvalue weighted by Gasteiger charge is -2.43. The summed E-state index contributed by atoms with van der Waals surface area (Å²) in [4.78, 5) is 25.1. The number of halogens is 1. The molecule has 1 aliphatic heterocycles. The van der Waals surface area contributed by atoms with Crippen molar-refractivity contribution in [3.63, 3.8) is 0 Å². The average Bonchev–Trinajstić information content (AvgIpc) is 3.37. The maximum atomic E-state index is 13.5. The number of benzene rings is 3. The second-order valence-corrected chi connectivity index (χ2v) is 9.24. The van der Waals surface area contributed by atoms with Gasteiger partial charge in [-0.3, -0.25) is 4.90 Å². The lowest BCUT2D eigenvalue weighted by Crippen LogP contribution is -2.52. The number of hydrogen-bond donors (Lipinski definition) is 1. The quantitative estimate of drug-likeness (QED) is 0.344. The molecule has 4 aromatic rings. The number of imidazole rings is 1. The Morgan fingerprint density at radius 1 is 1.00 bits per heavy atom. The van der Waals surface area contributed by atoms with E-state index in [2.05, 4.69) is 42.9 Å². The lowest BCUT2D eigenvalue weighted by atomic mass is 10.00. The van der Waals surface area contributed by atoms with Gasteiger partial charge in [-0.05, 0) is 35.7 Å². The smallest absolute Gasteiger partial charge is 0.415 e. The van der Waals surface area contributed by atoms with Gasteiger partial charge < -0.3 is 14.6 Å². The number of H-pyrrole nitrogens is 1. The molecule has 7 heteroatoms. The van der Waals surface area contributed by atoms with E-state index in [0.29, 0.717) is 19.5 Å². The fraction of sp³-hybridized carbons (Fsp3) is 0.185. The van der Waals surface area contributed by atoms with Crippen LogP contribution in [0.15, 0.2) is 95.9 Å². The van der Waals surface area contributed by atoms with E-state index < -0.39 is 0 Å². The van der Waals surface area contributed by atoms with Gasteiger partial charge >= 0.3 is 6.09 Å². The van der Waals surface area contributed by atoms with Crippen LogP contribution in [0.2, 0.25) is 0 Å². The molecule has 3 aromatic carbocycles. The molecule has 1 amide bonds. The fourth-order valence-corrected chi connectivity index (χ4v) is 4.74. The number of aromatic amines is 1. The summed E-state index contributed by atoms with van der Waals surface area (Å²) in [5.74, 6) is 0. The predicted molar refractivity (Wildman–Crippen MR) is 137 cm³/mol. The number of rotatable bonds is 6. The van der Waals surface area contributed by atoms with Crippen LogP contribution < -0.4 is 9.80 Å². The minimum Gasteiger partial charge on any atom is -0.444 e. The molecule has 0 radical (unpaired) electrons. The number of carbonyl (C=O) groups is 1. The molecule has 0 fully saturated rings. The zero-order valence-electron chi connectivity index (χ0n) is 18.6. The standard InChI is InChI=1S/C27H25BrN4O2/c28-22-11-12-25-26(14-22)32(27(33)34-18-21-9-5-2-6-10-21)24(13-20-7-3-1-4-8-20)17-31(25)16-23-15-29-19-30-23/h1-12,14-15,19,24H,13,16-18H2,(H,29,30). The first-order valence-electron chi connectivity index (χ1n) is 11.2. The third kappa shape index (κ3) is 4.99. The van der Waals surface area contributed by atoms with Gasteiger partial charge in [-0.2, -0.15) is 0 Å². The van der Waals surface area contributed by atoms with Gasteiger partial charge in [-0.1, -0.05) is 76.6 Å². The van der Waals surface area contributed by atoms with Gasteiger partial charge in [0.05, 0.1) is 36.0 Å². The molecule has 0 aliphatic carbocycles. The van der Waals surface area contributed by atoms with Crippen molar-refractivity contribution >= 4 is 33.4 Å². The zero-order valence-corrected chi connectivity index (χ0v) is 20.2. The topological polar surface area (TPSA) is 61.5 Å². The van der Waals surface area contributed by atoms with Crippen LogP contribution in [0.4, 0.5) is 16.2 Å².